The van der Waals surface area contributed by atoms with E-state index in [4.69, 9.17) is 9.47 Å². The number of benzene rings is 1. The van der Waals surface area contributed by atoms with Crippen LogP contribution in [-0.4, -0.2) is 22.0 Å². The van der Waals surface area contributed by atoms with E-state index < -0.39 is 0 Å². The number of carbonyl (C=O) groups excluding carboxylic acids is 1. The molecule has 6 nitrogen and oxygen atoms in total. The van der Waals surface area contributed by atoms with Gasteiger partial charge in [0.05, 0.1) is 10.7 Å². The zero-order valence-electron chi connectivity index (χ0n) is 18.1. The van der Waals surface area contributed by atoms with Gasteiger partial charge in [0.15, 0.2) is 0 Å². The van der Waals surface area contributed by atoms with Crippen LogP contribution in [0.5, 0.6) is 11.6 Å². The van der Waals surface area contributed by atoms with Crippen molar-refractivity contribution in [1.29, 1.82) is 0 Å². The lowest BCUT2D eigenvalue weighted by Crippen LogP contribution is -2.20. The molecule has 0 unspecified atom stereocenters. The zero-order chi connectivity index (χ0) is 22.2. The van der Waals surface area contributed by atoms with Crippen molar-refractivity contribution in [1.82, 2.24) is 15.3 Å². The molecular weight excluding hydrogens is 422 g/mol. The van der Waals surface area contributed by atoms with Crippen LogP contribution in [-0.2, 0) is 17.9 Å². The smallest absolute Gasteiger partial charge is 0.244 e. The zero-order valence-corrected chi connectivity index (χ0v) is 18.9. The van der Waals surface area contributed by atoms with Crippen LogP contribution in [0.15, 0.2) is 54.1 Å². The molecule has 0 radical (unpaired) electrons. The van der Waals surface area contributed by atoms with E-state index >= 15 is 0 Å². The summed E-state index contributed by atoms with van der Waals surface area (Å²) in [5.74, 6) is 1.16. The van der Waals surface area contributed by atoms with Crippen LogP contribution in [0.4, 0.5) is 0 Å². The molecule has 0 atom stereocenters. The fourth-order valence-corrected chi connectivity index (χ4v) is 4.19. The topological polar surface area (TPSA) is 73.3 Å². The minimum atomic E-state index is -0.176. The van der Waals surface area contributed by atoms with E-state index in [0.717, 1.165) is 34.7 Å². The van der Waals surface area contributed by atoms with Gasteiger partial charge in [0.1, 0.15) is 18.5 Å². The summed E-state index contributed by atoms with van der Waals surface area (Å²) >= 11 is 1.60. The first-order valence-electron chi connectivity index (χ1n) is 10.9. The number of aromatic nitrogens is 2. The Balaban J connectivity index is 1.30. The predicted octanol–water partition coefficient (Wildman–Crippen LogP) is 5.08. The van der Waals surface area contributed by atoms with Crippen molar-refractivity contribution in [3.05, 3.63) is 75.9 Å². The first kappa shape index (κ1) is 22.0. The highest BCUT2D eigenvalue weighted by atomic mass is 32.1. The van der Waals surface area contributed by atoms with Gasteiger partial charge in [-0.25, -0.2) is 9.97 Å². The molecule has 0 bridgehead atoms. The molecule has 32 heavy (non-hydrogen) atoms. The average Bonchev–Trinajstić information content (AvgIpc) is 3.47. The Morgan fingerprint density at radius 2 is 2.09 bits per heavy atom. The standard InChI is InChI=1S/C25H27N3O3S/c1-18-28-21(17-32-18)16-30-23-9-5-2-6-20(23)10-11-24(29)27-15-19-12-13-26-25(14-19)31-22-7-3-4-8-22/h2,5-6,9-14,17,22H,3-4,7-8,15-16H2,1H3,(H,27,29)/b11-10+. The third-order valence-corrected chi connectivity index (χ3v) is 6.05. The third kappa shape index (κ3) is 6.40. The van der Waals surface area contributed by atoms with Gasteiger partial charge in [0, 0.05) is 35.8 Å². The maximum atomic E-state index is 12.4. The fourth-order valence-electron chi connectivity index (χ4n) is 3.59. The molecule has 7 heteroatoms. The Hall–Kier alpha value is -3.19. The highest BCUT2D eigenvalue weighted by molar-refractivity contribution is 7.09. The van der Waals surface area contributed by atoms with E-state index in [1.165, 1.54) is 18.9 Å². The second kappa shape index (κ2) is 10.9. The molecule has 166 valence electrons. The van der Waals surface area contributed by atoms with Crippen molar-refractivity contribution in [2.75, 3.05) is 0 Å². The number of nitrogens with one attached hydrogen (secondary N) is 1. The fraction of sp³-hybridized carbons (Fsp3) is 0.320. The Morgan fingerprint density at radius 3 is 2.91 bits per heavy atom. The lowest BCUT2D eigenvalue weighted by molar-refractivity contribution is -0.116. The Morgan fingerprint density at radius 1 is 1.25 bits per heavy atom. The van der Waals surface area contributed by atoms with Crippen LogP contribution in [0.1, 0.15) is 47.5 Å². The van der Waals surface area contributed by atoms with Crippen LogP contribution in [0.3, 0.4) is 0 Å². The van der Waals surface area contributed by atoms with E-state index in [1.807, 2.05) is 48.7 Å². The monoisotopic (exact) mass is 449 g/mol. The largest absolute Gasteiger partial charge is 0.487 e. The van der Waals surface area contributed by atoms with Crippen molar-refractivity contribution >= 4 is 23.3 Å². The summed E-state index contributed by atoms with van der Waals surface area (Å²) in [6.45, 7) is 2.78. The molecule has 1 aliphatic rings. The van der Waals surface area contributed by atoms with Gasteiger partial charge in [0.2, 0.25) is 11.8 Å². The van der Waals surface area contributed by atoms with Crippen molar-refractivity contribution in [3.63, 3.8) is 0 Å². The highest BCUT2D eigenvalue weighted by Gasteiger charge is 2.17. The predicted molar refractivity (Wildman–Crippen MR) is 126 cm³/mol. The van der Waals surface area contributed by atoms with Crippen molar-refractivity contribution in [2.24, 2.45) is 0 Å². The second-order valence-corrected chi connectivity index (χ2v) is 8.82. The van der Waals surface area contributed by atoms with Crippen molar-refractivity contribution < 1.29 is 14.3 Å². The number of nitrogens with zero attached hydrogens (tertiary/aromatic N) is 2. The number of thiazole rings is 1. The summed E-state index contributed by atoms with van der Waals surface area (Å²) in [6, 6.07) is 11.4. The summed E-state index contributed by atoms with van der Waals surface area (Å²) < 4.78 is 11.8. The number of hydrogen-bond donors (Lipinski definition) is 1. The third-order valence-electron chi connectivity index (χ3n) is 5.23. The normalized spacial score (nSPS) is 14.0. The molecular formula is C25H27N3O3S. The van der Waals surface area contributed by atoms with Gasteiger partial charge in [0.25, 0.3) is 0 Å². The summed E-state index contributed by atoms with van der Waals surface area (Å²) in [7, 11) is 0. The molecule has 1 saturated carbocycles. The van der Waals surface area contributed by atoms with Crippen LogP contribution in [0.25, 0.3) is 6.08 Å². The Kier molecular flexibility index (Phi) is 7.51. The van der Waals surface area contributed by atoms with Crippen LogP contribution >= 0.6 is 11.3 Å². The molecule has 1 aliphatic carbocycles. The Bertz CT molecular complexity index is 1070. The van der Waals surface area contributed by atoms with E-state index in [1.54, 1.807) is 23.6 Å². The van der Waals surface area contributed by atoms with Gasteiger partial charge in [-0.1, -0.05) is 18.2 Å². The first-order valence-corrected chi connectivity index (χ1v) is 11.7. The molecule has 1 N–H and O–H groups in total. The number of amides is 1. The second-order valence-electron chi connectivity index (χ2n) is 7.76. The maximum Gasteiger partial charge on any atom is 0.244 e. The summed E-state index contributed by atoms with van der Waals surface area (Å²) in [4.78, 5) is 21.1. The summed E-state index contributed by atoms with van der Waals surface area (Å²) in [5, 5.41) is 5.92. The molecule has 0 saturated heterocycles. The highest BCUT2D eigenvalue weighted by Crippen LogP contribution is 2.23. The van der Waals surface area contributed by atoms with Gasteiger partial charge in [-0.15, -0.1) is 11.3 Å². The number of aryl methyl sites for hydroxylation is 1. The van der Waals surface area contributed by atoms with Crippen molar-refractivity contribution in [2.45, 2.75) is 51.9 Å². The molecule has 1 aromatic carbocycles. The molecule has 0 aliphatic heterocycles. The van der Waals surface area contributed by atoms with Crippen LogP contribution < -0.4 is 14.8 Å². The van der Waals surface area contributed by atoms with E-state index in [9.17, 15) is 4.79 Å². The molecule has 0 spiro atoms. The lowest BCUT2D eigenvalue weighted by Gasteiger charge is -2.12. The van der Waals surface area contributed by atoms with Gasteiger partial charge < -0.3 is 14.8 Å². The quantitative estimate of drug-likeness (QED) is 0.462. The summed E-state index contributed by atoms with van der Waals surface area (Å²) in [5.41, 5.74) is 2.69. The minimum absolute atomic E-state index is 0.176. The first-order chi connectivity index (χ1) is 15.7. The molecule has 1 fully saturated rings. The van der Waals surface area contributed by atoms with Gasteiger partial charge in [-0.05, 0) is 56.4 Å². The number of rotatable bonds is 9. The Labute approximate surface area is 192 Å². The van der Waals surface area contributed by atoms with Gasteiger partial charge >= 0.3 is 0 Å². The lowest BCUT2D eigenvalue weighted by atomic mass is 10.2. The van der Waals surface area contributed by atoms with Gasteiger partial charge in [-0.2, -0.15) is 0 Å². The molecule has 2 aromatic heterocycles. The number of pyridine rings is 1. The van der Waals surface area contributed by atoms with Crippen molar-refractivity contribution in [3.8, 4) is 11.6 Å². The maximum absolute atomic E-state index is 12.4. The minimum Gasteiger partial charge on any atom is -0.487 e. The molecule has 4 rings (SSSR count). The molecule has 2 heterocycles. The number of carbonyl (C=O) groups is 1. The SMILES string of the molecule is Cc1nc(COc2ccccc2/C=C/C(=O)NCc2ccnc(OC3CCCC3)c2)cs1. The summed E-state index contributed by atoms with van der Waals surface area (Å²) in [6.07, 6.45) is 9.86. The van der Waals surface area contributed by atoms with Gasteiger partial charge in [-0.3, -0.25) is 4.79 Å². The van der Waals surface area contributed by atoms with E-state index in [2.05, 4.69) is 15.3 Å². The molecule has 1 amide bonds. The van der Waals surface area contributed by atoms with E-state index in [-0.39, 0.29) is 12.0 Å². The number of hydrogen-bond acceptors (Lipinski definition) is 6. The number of ether oxygens (including phenoxy) is 2. The molecule has 3 aromatic rings. The van der Waals surface area contributed by atoms with E-state index in [0.29, 0.717) is 24.8 Å². The number of para-hydroxylation sites is 1. The van der Waals surface area contributed by atoms with Crippen LogP contribution in [0, 0.1) is 6.92 Å². The van der Waals surface area contributed by atoms with Crippen LogP contribution in [0.2, 0.25) is 0 Å². The average molecular weight is 450 g/mol.